The fourth-order valence-corrected chi connectivity index (χ4v) is 1.58. The summed E-state index contributed by atoms with van der Waals surface area (Å²) in [5.41, 5.74) is 0.804. The van der Waals surface area contributed by atoms with Crippen LogP contribution in [0.2, 0.25) is 0 Å². The molecular weight excluding hydrogens is 198 g/mol. The number of carbonyl (C=O) groups is 1. The highest BCUT2D eigenvalue weighted by Gasteiger charge is 2.20. The first-order valence-electron chi connectivity index (χ1n) is 5.66. The summed E-state index contributed by atoms with van der Waals surface area (Å²) in [6.07, 6.45) is 1.46. The molecular formula is C14H17NO. The van der Waals surface area contributed by atoms with Gasteiger partial charge in [-0.3, -0.25) is 4.79 Å². The molecule has 0 amide bonds. The SMILES string of the molecule is CCC(C)CC(=O)C(C#N)c1ccccc1. The average molecular weight is 215 g/mol. The summed E-state index contributed by atoms with van der Waals surface area (Å²) in [6.45, 7) is 4.10. The Morgan fingerprint density at radius 1 is 1.38 bits per heavy atom. The Bertz CT molecular complexity index is 377. The summed E-state index contributed by atoms with van der Waals surface area (Å²) in [6, 6.07) is 11.4. The fraction of sp³-hybridized carbons (Fsp3) is 0.429. The third-order valence-electron chi connectivity index (χ3n) is 2.83. The van der Waals surface area contributed by atoms with Gasteiger partial charge in [0.2, 0.25) is 0 Å². The molecule has 2 heteroatoms. The minimum atomic E-state index is -0.602. The molecule has 2 nitrogen and oxygen atoms in total. The van der Waals surface area contributed by atoms with Crippen molar-refractivity contribution in [3.8, 4) is 6.07 Å². The Morgan fingerprint density at radius 3 is 2.50 bits per heavy atom. The van der Waals surface area contributed by atoms with Crippen molar-refractivity contribution in [1.82, 2.24) is 0 Å². The first-order valence-corrected chi connectivity index (χ1v) is 5.66. The van der Waals surface area contributed by atoms with E-state index < -0.39 is 5.92 Å². The van der Waals surface area contributed by atoms with Crippen LogP contribution in [0.1, 0.15) is 38.2 Å². The van der Waals surface area contributed by atoms with Crippen molar-refractivity contribution in [2.75, 3.05) is 0 Å². The predicted octanol–water partition coefficient (Wildman–Crippen LogP) is 3.30. The lowest BCUT2D eigenvalue weighted by Crippen LogP contribution is -2.13. The summed E-state index contributed by atoms with van der Waals surface area (Å²) in [5.74, 6) is -0.217. The molecule has 0 spiro atoms. The van der Waals surface area contributed by atoms with Crippen LogP contribution < -0.4 is 0 Å². The zero-order valence-electron chi connectivity index (χ0n) is 9.81. The zero-order chi connectivity index (χ0) is 12.0. The van der Waals surface area contributed by atoms with Gasteiger partial charge in [0.25, 0.3) is 0 Å². The Kier molecular flexibility index (Phi) is 4.72. The molecule has 0 heterocycles. The second kappa shape index (κ2) is 6.07. The van der Waals surface area contributed by atoms with E-state index in [1.165, 1.54) is 0 Å². The van der Waals surface area contributed by atoms with Crippen molar-refractivity contribution >= 4 is 5.78 Å². The van der Waals surface area contributed by atoms with Crippen molar-refractivity contribution in [3.63, 3.8) is 0 Å². The first kappa shape index (κ1) is 12.4. The summed E-state index contributed by atoms with van der Waals surface area (Å²) < 4.78 is 0. The van der Waals surface area contributed by atoms with E-state index in [2.05, 4.69) is 13.0 Å². The van der Waals surface area contributed by atoms with Crippen LogP contribution in [0.5, 0.6) is 0 Å². The highest BCUT2D eigenvalue weighted by Crippen LogP contribution is 2.20. The van der Waals surface area contributed by atoms with Crippen LogP contribution in [0.3, 0.4) is 0 Å². The van der Waals surface area contributed by atoms with Gasteiger partial charge in [0.15, 0.2) is 5.78 Å². The molecule has 0 N–H and O–H groups in total. The molecule has 1 aromatic carbocycles. The highest BCUT2D eigenvalue weighted by molar-refractivity contribution is 5.88. The van der Waals surface area contributed by atoms with Crippen molar-refractivity contribution in [1.29, 1.82) is 5.26 Å². The summed E-state index contributed by atoms with van der Waals surface area (Å²) in [5, 5.41) is 9.06. The first-order chi connectivity index (χ1) is 7.69. The molecule has 2 atom stereocenters. The van der Waals surface area contributed by atoms with Gasteiger partial charge in [0.1, 0.15) is 5.92 Å². The Labute approximate surface area is 96.9 Å². The van der Waals surface area contributed by atoms with Gasteiger partial charge in [0.05, 0.1) is 6.07 Å². The fourth-order valence-electron chi connectivity index (χ4n) is 1.58. The maximum Gasteiger partial charge on any atom is 0.154 e. The lowest BCUT2D eigenvalue weighted by Gasteiger charge is -2.11. The highest BCUT2D eigenvalue weighted by atomic mass is 16.1. The van der Waals surface area contributed by atoms with E-state index in [-0.39, 0.29) is 5.78 Å². The number of hydrogen-bond acceptors (Lipinski definition) is 2. The van der Waals surface area contributed by atoms with E-state index in [1.54, 1.807) is 0 Å². The van der Waals surface area contributed by atoms with Crippen molar-refractivity contribution in [3.05, 3.63) is 35.9 Å². The molecule has 0 aliphatic carbocycles. The lowest BCUT2D eigenvalue weighted by molar-refractivity contribution is -0.120. The van der Waals surface area contributed by atoms with Crippen LogP contribution in [-0.2, 0) is 4.79 Å². The monoisotopic (exact) mass is 215 g/mol. The molecule has 1 aromatic rings. The Balaban J connectivity index is 2.77. The largest absolute Gasteiger partial charge is 0.298 e. The zero-order valence-corrected chi connectivity index (χ0v) is 9.81. The quantitative estimate of drug-likeness (QED) is 0.756. The van der Waals surface area contributed by atoms with Gasteiger partial charge in [-0.2, -0.15) is 5.26 Å². The number of hydrogen-bond donors (Lipinski definition) is 0. The number of Topliss-reactive ketones (excluding diaryl/α,β-unsaturated/α-hetero) is 1. The van der Waals surface area contributed by atoms with Crippen LogP contribution >= 0.6 is 0 Å². The van der Waals surface area contributed by atoms with E-state index in [1.807, 2.05) is 37.3 Å². The van der Waals surface area contributed by atoms with Gasteiger partial charge < -0.3 is 0 Å². The minimum Gasteiger partial charge on any atom is -0.298 e. The molecule has 0 radical (unpaired) electrons. The second-order valence-corrected chi connectivity index (χ2v) is 4.16. The molecule has 0 aliphatic heterocycles. The van der Waals surface area contributed by atoms with Gasteiger partial charge in [0, 0.05) is 6.42 Å². The van der Waals surface area contributed by atoms with Crippen LogP contribution in [0.4, 0.5) is 0 Å². The minimum absolute atomic E-state index is 0.0306. The van der Waals surface area contributed by atoms with Gasteiger partial charge in [-0.25, -0.2) is 0 Å². The normalized spacial score (nSPS) is 13.8. The van der Waals surface area contributed by atoms with Crippen LogP contribution in [0, 0.1) is 17.2 Å². The van der Waals surface area contributed by atoms with E-state index >= 15 is 0 Å². The summed E-state index contributed by atoms with van der Waals surface area (Å²) >= 11 is 0. The van der Waals surface area contributed by atoms with Crippen molar-refractivity contribution in [2.45, 2.75) is 32.6 Å². The topological polar surface area (TPSA) is 40.9 Å². The number of nitrogens with zero attached hydrogens (tertiary/aromatic N) is 1. The number of nitriles is 1. The van der Waals surface area contributed by atoms with Gasteiger partial charge in [-0.15, -0.1) is 0 Å². The Hall–Kier alpha value is -1.62. The predicted molar refractivity (Wildman–Crippen MR) is 63.9 cm³/mol. The third-order valence-corrected chi connectivity index (χ3v) is 2.83. The molecule has 0 aliphatic rings. The molecule has 2 unspecified atom stereocenters. The second-order valence-electron chi connectivity index (χ2n) is 4.16. The number of benzene rings is 1. The molecule has 0 bridgehead atoms. The standard InChI is InChI=1S/C14H17NO/c1-3-11(2)9-14(16)13(10-15)12-7-5-4-6-8-12/h4-8,11,13H,3,9H2,1-2H3. The lowest BCUT2D eigenvalue weighted by atomic mass is 9.90. The maximum atomic E-state index is 11.9. The number of rotatable bonds is 5. The van der Waals surface area contributed by atoms with Gasteiger partial charge >= 0.3 is 0 Å². The van der Waals surface area contributed by atoms with Gasteiger partial charge in [-0.1, -0.05) is 50.6 Å². The smallest absolute Gasteiger partial charge is 0.154 e. The van der Waals surface area contributed by atoms with E-state index in [0.717, 1.165) is 12.0 Å². The van der Waals surface area contributed by atoms with Crippen molar-refractivity contribution < 1.29 is 4.79 Å². The van der Waals surface area contributed by atoms with Crippen molar-refractivity contribution in [2.24, 2.45) is 5.92 Å². The summed E-state index contributed by atoms with van der Waals surface area (Å²) in [4.78, 5) is 11.9. The van der Waals surface area contributed by atoms with Crippen LogP contribution in [-0.4, -0.2) is 5.78 Å². The number of carbonyl (C=O) groups excluding carboxylic acids is 1. The average Bonchev–Trinajstić information content (AvgIpc) is 2.31. The molecule has 16 heavy (non-hydrogen) atoms. The molecule has 0 aromatic heterocycles. The van der Waals surface area contributed by atoms with E-state index in [0.29, 0.717) is 12.3 Å². The number of ketones is 1. The maximum absolute atomic E-state index is 11.9. The molecule has 1 rings (SSSR count). The van der Waals surface area contributed by atoms with Gasteiger partial charge in [-0.05, 0) is 11.5 Å². The third kappa shape index (κ3) is 3.20. The van der Waals surface area contributed by atoms with Crippen LogP contribution in [0.25, 0.3) is 0 Å². The Morgan fingerprint density at radius 2 is 2.00 bits per heavy atom. The molecule has 0 fully saturated rings. The molecule has 0 saturated carbocycles. The molecule has 84 valence electrons. The summed E-state index contributed by atoms with van der Waals surface area (Å²) in [7, 11) is 0. The van der Waals surface area contributed by atoms with E-state index in [9.17, 15) is 4.79 Å². The molecule has 0 saturated heterocycles. The van der Waals surface area contributed by atoms with Crippen LogP contribution in [0.15, 0.2) is 30.3 Å². The van der Waals surface area contributed by atoms with E-state index in [4.69, 9.17) is 5.26 Å².